The largest absolute Gasteiger partial charge is 0.493 e. The fourth-order valence-electron chi connectivity index (χ4n) is 2.55. The zero-order valence-electron chi connectivity index (χ0n) is 16.5. The number of nitrogens with two attached hydrogens (primary N) is 1. The maximum atomic E-state index is 12.6. The zero-order chi connectivity index (χ0) is 21.5. The number of nitrogens with zero attached hydrogens (tertiary/aromatic N) is 1. The number of aryl methyl sites for hydroxylation is 1. The number of rotatable bonds is 9. The number of primary amides is 1. The standard InChI is InChI=1S/C21H21N3O4S2/c1-13-23-16(11-29-13)12-30-17-6-3-14(4-7-17)21(26)24-15-5-8-18(27-2)19(9-15)28-10-20(22)25/h3-9,11H,10,12H2,1-2H3,(H2,22,25)(H,24,26). The van der Waals surface area contributed by atoms with Gasteiger partial charge in [-0.25, -0.2) is 4.98 Å². The number of thioether (sulfide) groups is 1. The Morgan fingerprint density at radius 3 is 2.57 bits per heavy atom. The molecule has 0 aliphatic heterocycles. The highest BCUT2D eigenvalue weighted by Crippen LogP contribution is 2.30. The summed E-state index contributed by atoms with van der Waals surface area (Å²) >= 11 is 3.31. The molecule has 0 bridgehead atoms. The summed E-state index contributed by atoms with van der Waals surface area (Å²) < 4.78 is 10.5. The highest BCUT2D eigenvalue weighted by molar-refractivity contribution is 7.98. The molecule has 0 radical (unpaired) electrons. The molecule has 2 amide bonds. The number of aromatic nitrogens is 1. The van der Waals surface area contributed by atoms with Crippen molar-refractivity contribution in [3.05, 3.63) is 64.1 Å². The van der Waals surface area contributed by atoms with Gasteiger partial charge in [-0.3, -0.25) is 9.59 Å². The Balaban J connectivity index is 1.62. The van der Waals surface area contributed by atoms with Gasteiger partial charge in [-0.15, -0.1) is 23.1 Å². The van der Waals surface area contributed by atoms with Crippen molar-refractivity contribution in [2.45, 2.75) is 17.6 Å². The first-order valence-corrected chi connectivity index (χ1v) is 10.9. The van der Waals surface area contributed by atoms with Crippen LogP contribution in [0, 0.1) is 6.92 Å². The van der Waals surface area contributed by atoms with Crippen LogP contribution in [0.4, 0.5) is 5.69 Å². The minimum absolute atomic E-state index is 0.257. The van der Waals surface area contributed by atoms with Crippen LogP contribution >= 0.6 is 23.1 Å². The number of carbonyl (C=O) groups is 2. The number of ether oxygens (including phenoxy) is 2. The van der Waals surface area contributed by atoms with Gasteiger partial charge in [0.2, 0.25) is 0 Å². The number of amides is 2. The SMILES string of the molecule is COc1ccc(NC(=O)c2ccc(SCc3csc(C)n3)cc2)cc1OCC(N)=O. The molecule has 1 aromatic heterocycles. The van der Waals surface area contributed by atoms with Crippen molar-refractivity contribution in [3.63, 3.8) is 0 Å². The van der Waals surface area contributed by atoms with E-state index < -0.39 is 5.91 Å². The van der Waals surface area contributed by atoms with Crippen LogP contribution < -0.4 is 20.5 Å². The number of methoxy groups -OCH3 is 1. The third-order valence-electron chi connectivity index (χ3n) is 3.96. The molecule has 2 aromatic carbocycles. The molecule has 3 N–H and O–H groups in total. The maximum absolute atomic E-state index is 12.6. The van der Waals surface area contributed by atoms with Gasteiger partial charge in [0.25, 0.3) is 11.8 Å². The van der Waals surface area contributed by atoms with Crippen molar-refractivity contribution < 1.29 is 19.1 Å². The minimum Gasteiger partial charge on any atom is -0.493 e. The molecule has 1 heterocycles. The number of carbonyl (C=O) groups excluding carboxylic acids is 2. The molecular formula is C21H21N3O4S2. The van der Waals surface area contributed by atoms with E-state index >= 15 is 0 Å². The van der Waals surface area contributed by atoms with E-state index in [-0.39, 0.29) is 12.5 Å². The van der Waals surface area contributed by atoms with Gasteiger partial charge in [0.1, 0.15) is 0 Å². The molecule has 0 fully saturated rings. The molecule has 156 valence electrons. The Kier molecular flexibility index (Phi) is 7.31. The molecular weight excluding hydrogens is 422 g/mol. The van der Waals surface area contributed by atoms with Crippen molar-refractivity contribution in [3.8, 4) is 11.5 Å². The Hall–Kier alpha value is -3.04. The van der Waals surface area contributed by atoms with Crippen LogP contribution in [0.3, 0.4) is 0 Å². The molecule has 0 saturated heterocycles. The highest BCUT2D eigenvalue weighted by Gasteiger charge is 2.11. The molecule has 3 rings (SSSR count). The van der Waals surface area contributed by atoms with Crippen molar-refractivity contribution in [2.75, 3.05) is 19.0 Å². The Labute approximate surface area is 182 Å². The molecule has 0 atom stereocenters. The Morgan fingerprint density at radius 1 is 1.17 bits per heavy atom. The van der Waals surface area contributed by atoms with Gasteiger partial charge in [-0.1, -0.05) is 0 Å². The number of hydrogen-bond donors (Lipinski definition) is 2. The summed E-state index contributed by atoms with van der Waals surface area (Å²) in [6.45, 7) is 1.70. The zero-order valence-corrected chi connectivity index (χ0v) is 18.1. The first-order chi connectivity index (χ1) is 14.4. The van der Waals surface area contributed by atoms with Gasteiger partial charge in [0, 0.05) is 33.3 Å². The lowest BCUT2D eigenvalue weighted by atomic mass is 10.2. The van der Waals surface area contributed by atoms with Gasteiger partial charge >= 0.3 is 0 Å². The van der Waals surface area contributed by atoms with E-state index in [0.29, 0.717) is 22.7 Å². The summed E-state index contributed by atoms with van der Waals surface area (Å²) in [5.41, 5.74) is 7.21. The predicted octanol–water partition coefficient (Wildman–Crippen LogP) is 3.87. The average Bonchev–Trinajstić information content (AvgIpc) is 3.16. The molecule has 30 heavy (non-hydrogen) atoms. The van der Waals surface area contributed by atoms with E-state index in [1.807, 2.05) is 19.1 Å². The second-order valence-electron chi connectivity index (χ2n) is 6.25. The smallest absolute Gasteiger partial charge is 0.255 e. The van der Waals surface area contributed by atoms with Gasteiger partial charge in [-0.05, 0) is 43.3 Å². The number of benzene rings is 2. The first kappa shape index (κ1) is 21.7. The fraction of sp³-hybridized carbons (Fsp3) is 0.190. The number of nitrogens with one attached hydrogen (secondary N) is 1. The monoisotopic (exact) mass is 443 g/mol. The molecule has 0 spiro atoms. The van der Waals surface area contributed by atoms with E-state index in [0.717, 1.165) is 21.3 Å². The third kappa shape index (κ3) is 5.98. The normalized spacial score (nSPS) is 10.5. The lowest BCUT2D eigenvalue weighted by Crippen LogP contribution is -2.20. The van der Waals surface area contributed by atoms with Crippen molar-refractivity contribution in [2.24, 2.45) is 5.73 Å². The van der Waals surface area contributed by atoms with Crippen LogP contribution in [0.15, 0.2) is 52.7 Å². The van der Waals surface area contributed by atoms with Crippen molar-refractivity contribution in [1.82, 2.24) is 4.98 Å². The van der Waals surface area contributed by atoms with Crippen LogP contribution in [0.2, 0.25) is 0 Å². The topological polar surface area (TPSA) is 104 Å². The van der Waals surface area contributed by atoms with Crippen molar-refractivity contribution >= 4 is 40.6 Å². The lowest BCUT2D eigenvalue weighted by Gasteiger charge is -2.12. The van der Waals surface area contributed by atoms with E-state index in [1.165, 1.54) is 7.11 Å². The summed E-state index contributed by atoms with van der Waals surface area (Å²) in [4.78, 5) is 29.0. The number of anilines is 1. The molecule has 3 aromatic rings. The highest BCUT2D eigenvalue weighted by atomic mass is 32.2. The summed E-state index contributed by atoms with van der Waals surface area (Å²) in [6.07, 6.45) is 0. The Morgan fingerprint density at radius 2 is 1.93 bits per heavy atom. The summed E-state index contributed by atoms with van der Waals surface area (Å²) in [5.74, 6) is 0.682. The fourth-order valence-corrected chi connectivity index (χ4v) is 4.06. The van der Waals surface area contributed by atoms with Crippen molar-refractivity contribution in [1.29, 1.82) is 0 Å². The van der Waals surface area contributed by atoms with Crippen LogP contribution in [0.5, 0.6) is 11.5 Å². The molecule has 0 saturated carbocycles. The summed E-state index contributed by atoms with van der Waals surface area (Å²) in [6, 6.07) is 12.3. The lowest BCUT2D eigenvalue weighted by molar-refractivity contribution is -0.119. The molecule has 0 unspecified atom stereocenters. The number of hydrogen-bond acceptors (Lipinski definition) is 7. The molecule has 0 aliphatic carbocycles. The predicted molar refractivity (Wildman–Crippen MR) is 118 cm³/mol. The third-order valence-corrected chi connectivity index (χ3v) is 5.83. The average molecular weight is 444 g/mol. The van der Waals surface area contributed by atoms with E-state index in [9.17, 15) is 9.59 Å². The molecule has 9 heteroatoms. The van der Waals surface area contributed by atoms with E-state index in [2.05, 4.69) is 15.7 Å². The van der Waals surface area contributed by atoms with Crippen LogP contribution in [-0.4, -0.2) is 30.5 Å². The van der Waals surface area contributed by atoms with E-state index in [1.54, 1.807) is 53.4 Å². The van der Waals surface area contributed by atoms with E-state index in [4.69, 9.17) is 15.2 Å². The second kappa shape index (κ2) is 10.1. The maximum Gasteiger partial charge on any atom is 0.255 e. The van der Waals surface area contributed by atoms with Gasteiger partial charge in [0.05, 0.1) is 17.8 Å². The Bertz CT molecular complexity index is 1030. The second-order valence-corrected chi connectivity index (χ2v) is 8.36. The molecule has 0 aliphatic rings. The summed E-state index contributed by atoms with van der Waals surface area (Å²) in [7, 11) is 1.49. The van der Waals surface area contributed by atoms with Gasteiger partial charge in [-0.2, -0.15) is 0 Å². The van der Waals surface area contributed by atoms with Crippen LogP contribution in [0.25, 0.3) is 0 Å². The van der Waals surface area contributed by atoms with Crippen LogP contribution in [0.1, 0.15) is 21.1 Å². The molecule has 7 nitrogen and oxygen atoms in total. The van der Waals surface area contributed by atoms with Gasteiger partial charge < -0.3 is 20.5 Å². The first-order valence-electron chi connectivity index (χ1n) is 8.99. The number of thiazole rings is 1. The quantitative estimate of drug-likeness (QED) is 0.487. The van der Waals surface area contributed by atoms with Gasteiger partial charge in [0.15, 0.2) is 18.1 Å². The summed E-state index contributed by atoms with van der Waals surface area (Å²) in [5, 5.41) is 5.92. The minimum atomic E-state index is -0.602. The van der Waals surface area contributed by atoms with Crippen LogP contribution in [-0.2, 0) is 10.5 Å².